The van der Waals surface area contributed by atoms with Crippen LogP contribution in [0.3, 0.4) is 0 Å². The second kappa shape index (κ2) is 5.77. The highest BCUT2D eigenvalue weighted by molar-refractivity contribution is 5.96. The number of halogens is 4. The third-order valence-electron chi connectivity index (χ3n) is 3.73. The van der Waals surface area contributed by atoms with Crippen molar-refractivity contribution in [2.24, 2.45) is 5.41 Å². The van der Waals surface area contributed by atoms with Crippen LogP contribution in [0.25, 0.3) is 5.57 Å². The number of allylic oxidation sites excluding steroid dienone is 2. The van der Waals surface area contributed by atoms with Crippen molar-refractivity contribution in [1.29, 1.82) is 0 Å². The van der Waals surface area contributed by atoms with E-state index in [4.69, 9.17) is 5.11 Å². The summed E-state index contributed by atoms with van der Waals surface area (Å²) < 4.78 is 51.8. The standard InChI is InChI=1S/C16H12F4O4/c1-15(14(23)24)6-9(4-10(7-15)13(21)22)8-2-3-12(17)11(5-8)16(18,19)20/h2-6H,7H2,1H3,(H,21,22)(H,23,24). The van der Waals surface area contributed by atoms with Crippen LogP contribution in [0, 0.1) is 11.2 Å². The Bertz CT molecular complexity index is 777. The smallest absolute Gasteiger partial charge is 0.419 e. The Morgan fingerprint density at radius 1 is 1.21 bits per heavy atom. The van der Waals surface area contributed by atoms with Crippen LogP contribution in [0.2, 0.25) is 0 Å². The first-order valence-corrected chi connectivity index (χ1v) is 6.71. The summed E-state index contributed by atoms with van der Waals surface area (Å²) in [5.41, 5.74) is -3.49. The molecule has 0 aliphatic heterocycles. The van der Waals surface area contributed by atoms with Gasteiger partial charge in [0.1, 0.15) is 5.82 Å². The summed E-state index contributed by atoms with van der Waals surface area (Å²) in [6.07, 6.45) is -2.96. The number of carboxylic acids is 2. The predicted octanol–water partition coefficient (Wildman–Crippen LogP) is 3.73. The second-order valence-electron chi connectivity index (χ2n) is 5.67. The Labute approximate surface area is 133 Å². The maximum atomic E-state index is 13.4. The van der Waals surface area contributed by atoms with Gasteiger partial charge in [-0.15, -0.1) is 0 Å². The van der Waals surface area contributed by atoms with Gasteiger partial charge in [0.05, 0.1) is 11.0 Å². The molecule has 1 unspecified atom stereocenters. The first-order chi connectivity index (χ1) is 10.9. The number of carbonyl (C=O) groups is 2. The molecule has 24 heavy (non-hydrogen) atoms. The normalized spacial score (nSPS) is 21.0. The Hall–Kier alpha value is -2.64. The van der Waals surface area contributed by atoms with Gasteiger partial charge >= 0.3 is 18.1 Å². The number of benzene rings is 1. The van der Waals surface area contributed by atoms with Gasteiger partial charge < -0.3 is 10.2 Å². The maximum absolute atomic E-state index is 13.4. The maximum Gasteiger partial charge on any atom is 0.419 e. The molecule has 0 bridgehead atoms. The monoisotopic (exact) mass is 344 g/mol. The van der Waals surface area contributed by atoms with Gasteiger partial charge in [0.25, 0.3) is 0 Å². The molecule has 8 heteroatoms. The van der Waals surface area contributed by atoms with Gasteiger partial charge in [-0.2, -0.15) is 13.2 Å². The molecule has 4 nitrogen and oxygen atoms in total. The Kier molecular flexibility index (Phi) is 4.26. The molecule has 0 fully saturated rings. The third-order valence-corrected chi connectivity index (χ3v) is 3.73. The van der Waals surface area contributed by atoms with Gasteiger partial charge in [-0.3, -0.25) is 4.79 Å². The van der Waals surface area contributed by atoms with E-state index in [0.717, 1.165) is 12.1 Å². The summed E-state index contributed by atoms with van der Waals surface area (Å²) in [5.74, 6) is -4.15. The second-order valence-corrected chi connectivity index (χ2v) is 5.67. The summed E-state index contributed by atoms with van der Waals surface area (Å²) in [7, 11) is 0. The van der Waals surface area contributed by atoms with Crippen LogP contribution >= 0.6 is 0 Å². The first-order valence-electron chi connectivity index (χ1n) is 6.71. The molecule has 1 aliphatic rings. The highest BCUT2D eigenvalue weighted by Crippen LogP contribution is 2.39. The van der Waals surface area contributed by atoms with Crippen molar-refractivity contribution in [3.8, 4) is 0 Å². The van der Waals surface area contributed by atoms with E-state index < -0.39 is 34.9 Å². The predicted molar refractivity (Wildman–Crippen MR) is 75.5 cm³/mol. The van der Waals surface area contributed by atoms with E-state index in [9.17, 15) is 32.3 Å². The molecule has 0 heterocycles. The van der Waals surface area contributed by atoms with Crippen LogP contribution in [0.4, 0.5) is 17.6 Å². The lowest BCUT2D eigenvalue weighted by Crippen LogP contribution is -2.29. The fourth-order valence-corrected chi connectivity index (χ4v) is 2.43. The molecule has 2 N–H and O–H groups in total. The zero-order valence-corrected chi connectivity index (χ0v) is 12.3. The van der Waals surface area contributed by atoms with Crippen LogP contribution in [-0.4, -0.2) is 22.2 Å². The van der Waals surface area contributed by atoms with Crippen molar-refractivity contribution < 1.29 is 37.4 Å². The molecule has 0 amide bonds. The molecule has 1 aromatic rings. The van der Waals surface area contributed by atoms with Gasteiger partial charge in [-0.05, 0) is 42.7 Å². The topological polar surface area (TPSA) is 74.6 Å². The molecule has 1 aromatic carbocycles. The fraction of sp³-hybridized carbons (Fsp3) is 0.250. The molecule has 1 aliphatic carbocycles. The minimum Gasteiger partial charge on any atom is -0.481 e. The Balaban J connectivity index is 2.63. The summed E-state index contributed by atoms with van der Waals surface area (Å²) in [5, 5.41) is 18.4. The fourth-order valence-electron chi connectivity index (χ4n) is 2.43. The van der Waals surface area contributed by atoms with Gasteiger partial charge in [0, 0.05) is 5.57 Å². The minimum absolute atomic E-state index is 0.0194. The number of rotatable bonds is 3. The van der Waals surface area contributed by atoms with E-state index in [-0.39, 0.29) is 23.1 Å². The summed E-state index contributed by atoms with van der Waals surface area (Å²) in [4.78, 5) is 22.6. The van der Waals surface area contributed by atoms with E-state index in [1.54, 1.807) is 0 Å². The Morgan fingerprint density at radius 3 is 2.33 bits per heavy atom. The molecule has 128 valence electrons. The van der Waals surface area contributed by atoms with Crippen molar-refractivity contribution >= 4 is 17.5 Å². The molecule has 0 saturated heterocycles. The number of hydrogen-bond acceptors (Lipinski definition) is 2. The Morgan fingerprint density at radius 2 is 1.83 bits per heavy atom. The molecular weight excluding hydrogens is 332 g/mol. The number of aliphatic carboxylic acids is 2. The lowest BCUT2D eigenvalue weighted by atomic mass is 9.76. The first kappa shape index (κ1) is 17.7. The lowest BCUT2D eigenvalue weighted by molar-refractivity contribution is -0.145. The largest absolute Gasteiger partial charge is 0.481 e. The number of carboxylic acid groups (broad SMARTS) is 2. The average Bonchev–Trinajstić information content (AvgIpc) is 2.45. The highest BCUT2D eigenvalue weighted by atomic mass is 19.4. The summed E-state index contributed by atoms with van der Waals surface area (Å²) in [6, 6.07) is 2.19. The zero-order valence-electron chi connectivity index (χ0n) is 12.3. The van der Waals surface area contributed by atoms with Crippen LogP contribution < -0.4 is 0 Å². The van der Waals surface area contributed by atoms with E-state index >= 15 is 0 Å². The van der Waals surface area contributed by atoms with E-state index in [1.807, 2.05) is 0 Å². The third kappa shape index (κ3) is 3.32. The van der Waals surface area contributed by atoms with E-state index in [2.05, 4.69) is 0 Å². The van der Waals surface area contributed by atoms with Gasteiger partial charge in [0.2, 0.25) is 0 Å². The SMILES string of the molecule is CC1(C(=O)O)C=C(c2ccc(F)c(C(F)(F)F)c2)C=C(C(=O)O)C1. The van der Waals surface area contributed by atoms with Gasteiger partial charge in [0.15, 0.2) is 0 Å². The van der Waals surface area contributed by atoms with Crippen LogP contribution in [0.15, 0.2) is 35.9 Å². The molecule has 0 saturated carbocycles. The van der Waals surface area contributed by atoms with Crippen LogP contribution in [0.1, 0.15) is 24.5 Å². The van der Waals surface area contributed by atoms with Crippen molar-refractivity contribution in [1.82, 2.24) is 0 Å². The van der Waals surface area contributed by atoms with Crippen molar-refractivity contribution in [2.45, 2.75) is 19.5 Å². The molecule has 2 rings (SSSR count). The lowest BCUT2D eigenvalue weighted by Gasteiger charge is -2.26. The van der Waals surface area contributed by atoms with Crippen LogP contribution in [0.5, 0.6) is 0 Å². The molecule has 0 radical (unpaired) electrons. The van der Waals surface area contributed by atoms with Gasteiger partial charge in [-0.25, -0.2) is 9.18 Å². The molecule has 1 atom stereocenters. The molecular formula is C16H12F4O4. The minimum atomic E-state index is -4.93. The van der Waals surface area contributed by atoms with E-state index in [1.165, 1.54) is 13.0 Å². The van der Waals surface area contributed by atoms with Crippen molar-refractivity contribution in [2.75, 3.05) is 0 Å². The summed E-state index contributed by atoms with van der Waals surface area (Å²) in [6.45, 7) is 1.26. The van der Waals surface area contributed by atoms with Crippen LogP contribution in [-0.2, 0) is 15.8 Å². The number of hydrogen-bond donors (Lipinski definition) is 2. The molecule has 0 aromatic heterocycles. The molecule has 0 spiro atoms. The van der Waals surface area contributed by atoms with E-state index in [0.29, 0.717) is 12.1 Å². The van der Waals surface area contributed by atoms with Crippen molar-refractivity contribution in [3.63, 3.8) is 0 Å². The zero-order chi connectivity index (χ0) is 18.3. The van der Waals surface area contributed by atoms with Crippen molar-refractivity contribution in [3.05, 3.63) is 52.9 Å². The van der Waals surface area contributed by atoms with Gasteiger partial charge in [-0.1, -0.05) is 12.1 Å². The number of alkyl halides is 3. The quantitative estimate of drug-likeness (QED) is 0.820. The highest BCUT2D eigenvalue weighted by Gasteiger charge is 2.38. The summed E-state index contributed by atoms with van der Waals surface area (Å²) >= 11 is 0. The average molecular weight is 344 g/mol.